The first-order valence-electron chi connectivity index (χ1n) is 4.08. The van der Waals surface area contributed by atoms with Gasteiger partial charge in [-0.15, -0.1) is 0 Å². The summed E-state index contributed by atoms with van der Waals surface area (Å²) >= 11 is 0. The summed E-state index contributed by atoms with van der Waals surface area (Å²) in [4.78, 5) is 0. The van der Waals surface area contributed by atoms with Crippen LogP contribution in [-0.4, -0.2) is 25.5 Å². The third-order valence-corrected chi connectivity index (χ3v) is 1.49. The van der Waals surface area contributed by atoms with Crippen LogP contribution in [0.4, 0.5) is 0 Å². The van der Waals surface area contributed by atoms with Crippen molar-refractivity contribution >= 4 is 0 Å². The Morgan fingerprint density at radius 3 is 3.00 bits per heavy atom. The van der Waals surface area contributed by atoms with Gasteiger partial charge >= 0.3 is 0 Å². The Morgan fingerprint density at radius 1 is 1.54 bits per heavy atom. The first kappa shape index (κ1) is 10.2. The van der Waals surface area contributed by atoms with Gasteiger partial charge in [0.1, 0.15) is 6.61 Å². The number of aromatic nitrogens is 1. The summed E-state index contributed by atoms with van der Waals surface area (Å²) in [5.41, 5.74) is 6.10. The summed E-state index contributed by atoms with van der Waals surface area (Å²) in [6.07, 6.45) is 0. The molecule has 0 saturated heterocycles. The largest absolute Gasteiger partial charge is 0.382 e. The molecule has 1 heterocycles. The van der Waals surface area contributed by atoms with Gasteiger partial charge in [-0.1, -0.05) is 5.16 Å². The fraction of sp³-hybridized carbons (Fsp3) is 0.625. The van der Waals surface area contributed by atoms with Crippen LogP contribution in [0.2, 0.25) is 0 Å². The average molecular weight is 186 g/mol. The Labute approximate surface area is 76.8 Å². The Bertz CT molecular complexity index is 237. The Hall–Kier alpha value is -0.910. The zero-order valence-corrected chi connectivity index (χ0v) is 7.66. The molecular weight excluding hydrogens is 172 g/mol. The standard InChI is InChI=1S/C8H14N2O3/c1-11-2-3-12-6-8-4-7(5-9)10-13-8/h4H,2-3,5-6,9H2,1H3. The van der Waals surface area contributed by atoms with E-state index in [-0.39, 0.29) is 0 Å². The van der Waals surface area contributed by atoms with Crippen LogP contribution in [0.25, 0.3) is 0 Å². The molecule has 0 bridgehead atoms. The zero-order valence-electron chi connectivity index (χ0n) is 7.66. The quantitative estimate of drug-likeness (QED) is 0.647. The van der Waals surface area contributed by atoms with Crippen molar-refractivity contribution in [2.45, 2.75) is 13.2 Å². The lowest BCUT2D eigenvalue weighted by Crippen LogP contribution is -2.01. The number of methoxy groups -OCH3 is 1. The number of rotatable bonds is 6. The Kier molecular flexibility index (Phi) is 4.45. The van der Waals surface area contributed by atoms with E-state index in [1.165, 1.54) is 0 Å². The van der Waals surface area contributed by atoms with Crippen LogP contribution in [0.1, 0.15) is 11.5 Å². The summed E-state index contributed by atoms with van der Waals surface area (Å²) < 4.78 is 15.0. The monoisotopic (exact) mass is 186 g/mol. The Balaban J connectivity index is 2.20. The van der Waals surface area contributed by atoms with Crippen LogP contribution in [0, 0.1) is 0 Å². The molecule has 0 atom stereocenters. The number of nitrogens with two attached hydrogens (primary N) is 1. The minimum atomic E-state index is 0.390. The second kappa shape index (κ2) is 5.69. The first-order chi connectivity index (χ1) is 6.36. The van der Waals surface area contributed by atoms with E-state index in [0.717, 1.165) is 5.69 Å². The smallest absolute Gasteiger partial charge is 0.162 e. The molecule has 0 aliphatic carbocycles. The van der Waals surface area contributed by atoms with Crippen LogP contribution in [0.5, 0.6) is 0 Å². The van der Waals surface area contributed by atoms with Crippen molar-refractivity contribution < 1.29 is 14.0 Å². The van der Waals surface area contributed by atoms with Crippen LogP contribution in [0.3, 0.4) is 0 Å². The second-order valence-corrected chi connectivity index (χ2v) is 2.53. The molecule has 0 unspecified atom stereocenters. The zero-order chi connectivity index (χ0) is 9.52. The summed E-state index contributed by atoms with van der Waals surface area (Å²) in [5, 5.41) is 3.72. The third-order valence-electron chi connectivity index (χ3n) is 1.49. The van der Waals surface area contributed by atoms with Crippen molar-refractivity contribution in [3.05, 3.63) is 17.5 Å². The minimum absolute atomic E-state index is 0.390. The molecule has 0 spiro atoms. The summed E-state index contributed by atoms with van der Waals surface area (Å²) in [6.45, 7) is 1.94. The van der Waals surface area contributed by atoms with E-state index >= 15 is 0 Å². The van der Waals surface area contributed by atoms with Gasteiger partial charge in [-0.2, -0.15) is 0 Å². The van der Waals surface area contributed by atoms with Crippen LogP contribution >= 0.6 is 0 Å². The third kappa shape index (κ3) is 3.54. The number of nitrogens with zero attached hydrogens (tertiary/aromatic N) is 1. The number of ether oxygens (including phenoxy) is 2. The molecule has 0 radical (unpaired) electrons. The van der Waals surface area contributed by atoms with Crippen LogP contribution in [0.15, 0.2) is 10.6 Å². The number of hydrogen-bond acceptors (Lipinski definition) is 5. The van der Waals surface area contributed by atoms with Gasteiger partial charge in [0.05, 0.1) is 18.9 Å². The molecule has 0 aromatic carbocycles. The van der Waals surface area contributed by atoms with E-state index in [4.69, 9.17) is 19.7 Å². The summed E-state index contributed by atoms with van der Waals surface area (Å²) in [6, 6.07) is 1.78. The van der Waals surface area contributed by atoms with Gasteiger partial charge in [-0.3, -0.25) is 0 Å². The molecule has 0 fully saturated rings. The predicted molar refractivity (Wildman–Crippen MR) is 45.9 cm³/mol. The molecule has 0 aliphatic rings. The van der Waals surface area contributed by atoms with E-state index in [0.29, 0.717) is 32.1 Å². The van der Waals surface area contributed by atoms with E-state index in [1.54, 1.807) is 13.2 Å². The van der Waals surface area contributed by atoms with Crippen LogP contribution < -0.4 is 5.73 Å². The van der Waals surface area contributed by atoms with Crippen molar-refractivity contribution in [3.63, 3.8) is 0 Å². The van der Waals surface area contributed by atoms with Gasteiger partial charge in [0.2, 0.25) is 0 Å². The van der Waals surface area contributed by atoms with Crippen LogP contribution in [-0.2, 0) is 22.6 Å². The van der Waals surface area contributed by atoms with Crippen molar-refractivity contribution in [2.75, 3.05) is 20.3 Å². The molecule has 0 saturated carbocycles. The van der Waals surface area contributed by atoms with Crippen molar-refractivity contribution in [1.29, 1.82) is 0 Å². The van der Waals surface area contributed by atoms with E-state index in [2.05, 4.69) is 5.16 Å². The molecular formula is C8H14N2O3. The molecule has 1 rings (SSSR count). The fourth-order valence-corrected chi connectivity index (χ4v) is 0.835. The highest BCUT2D eigenvalue weighted by Crippen LogP contribution is 2.03. The molecule has 0 amide bonds. The molecule has 13 heavy (non-hydrogen) atoms. The molecule has 5 heteroatoms. The summed E-state index contributed by atoms with van der Waals surface area (Å²) in [5.74, 6) is 0.691. The van der Waals surface area contributed by atoms with E-state index < -0.39 is 0 Å². The van der Waals surface area contributed by atoms with Gasteiger partial charge in [0.25, 0.3) is 0 Å². The molecule has 74 valence electrons. The summed E-state index contributed by atoms with van der Waals surface area (Å²) in [7, 11) is 1.63. The molecule has 5 nitrogen and oxygen atoms in total. The first-order valence-corrected chi connectivity index (χ1v) is 4.08. The van der Waals surface area contributed by atoms with Gasteiger partial charge in [0, 0.05) is 19.7 Å². The van der Waals surface area contributed by atoms with Gasteiger partial charge in [-0.25, -0.2) is 0 Å². The maximum Gasteiger partial charge on any atom is 0.162 e. The van der Waals surface area contributed by atoms with Crippen molar-refractivity contribution in [3.8, 4) is 0 Å². The highest BCUT2D eigenvalue weighted by Gasteiger charge is 2.01. The lowest BCUT2D eigenvalue weighted by Gasteiger charge is -1.98. The van der Waals surface area contributed by atoms with Gasteiger partial charge < -0.3 is 19.7 Å². The highest BCUT2D eigenvalue weighted by molar-refractivity contribution is 5.03. The normalized spacial score (nSPS) is 10.6. The maximum atomic E-state index is 5.36. The highest BCUT2D eigenvalue weighted by atomic mass is 16.5. The molecule has 0 aliphatic heterocycles. The van der Waals surface area contributed by atoms with Crippen molar-refractivity contribution in [2.24, 2.45) is 5.73 Å². The number of hydrogen-bond donors (Lipinski definition) is 1. The minimum Gasteiger partial charge on any atom is -0.382 e. The molecule has 1 aromatic heterocycles. The molecule has 2 N–H and O–H groups in total. The van der Waals surface area contributed by atoms with Gasteiger partial charge in [0.15, 0.2) is 5.76 Å². The molecule has 1 aromatic rings. The van der Waals surface area contributed by atoms with Gasteiger partial charge in [-0.05, 0) is 0 Å². The van der Waals surface area contributed by atoms with E-state index in [1.807, 2.05) is 0 Å². The topological polar surface area (TPSA) is 70.5 Å². The SMILES string of the molecule is COCCOCc1cc(CN)no1. The lowest BCUT2D eigenvalue weighted by atomic mass is 10.4. The average Bonchev–Trinajstić information content (AvgIpc) is 2.60. The maximum absolute atomic E-state index is 5.36. The fourth-order valence-electron chi connectivity index (χ4n) is 0.835. The van der Waals surface area contributed by atoms with E-state index in [9.17, 15) is 0 Å². The van der Waals surface area contributed by atoms with Crippen molar-refractivity contribution in [1.82, 2.24) is 5.16 Å². The second-order valence-electron chi connectivity index (χ2n) is 2.53. The lowest BCUT2D eigenvalue weighted by molar-refractivity contribution is 0.0514. The predicted octanol–water partition coefficient (Wildman–Crippen LogP) is 0.296. The Morgan fingerprint density at radius 2 is 2.38 bits per heavy atom.